The van der Waals surface area contributed by atoms with E-state index in [2.05, 4.69) is 118 Å². The predicted molar refractivity (Wildman–Crippen MR) is 130 cm³/mol. The second-order valence-corrected chi connectivity index (χ2v) is 18.8. The summed E-state index contributed by atoms with van der Waals surface area (Å²) in [6.45, 7) is 17.7. The average molecular weight is 411 g/mol. The van der Waals surface area contributed by atoms with Crippen LogP contribution in [0, 0.1) is 17.8 Å². The van der Waals surface area contributed by atoms with E-state index in [4.69, 9.17) is 0 Å². The second kappa shape index (κ2) is 8.07. The number of nitrogens with one attached hydrogen (secondary N) is 2. The molecule has 2 nitrogen and oxygen atoms in total. The summed E-state index contributed by atoms with van der Waals surface area (Å²) < 4.78 is 0. The SMILES string of the molecule is CC1C(C)C([Si](C)(C)Nc2ccccc2)C(C)C1[Si](C)(C)Nc1ccccc1. The van der Waals surface area contributed by atoms with E-state index in [-0.39, 0.29) is 0 Å². The summed E-state index contributed by atoms with van der Waals surface area (Å²) in [4.78, 5) is 7.99. The molecular formula is C24H38N2Si2. The molecule has 4 heteroatoms. The molecule has 0 heterocycles. The third-order valence-corrected chi connectivity index (χ3v) is 14.5. The van der Waals surface area contributed by atoms with E-state index in [1.807, 2.05) is 0 Å². The van der Waals surface area contributed by atoms with E-state index >= 15 is 0 Å². The van der Waals surface area contributed by atoms with E-state index in [0.717, 1.165) is 28.8 Å². The number of hydrogen-bond acceptors (Lipinski definition) is 2. The lowest BCUT2D eigenvalue weighted by molar-refractivity contribution is 0.447. The van der Waals surface area contributed by atoms with Crippen molar-refractivity contribution in [2.75, 3.05) is 9.96 Å². The predicted octanol–water partition coefficient (Wildman–Crippen LogP) is 7.28. The first kappa shape index (κ1) is 21.2. The first-order valence-electron chi connectivity index (χ1n) is 10.8. The first-order chi connectivity index (χ1) is 13.1. The molecule has 1 saturated carbocycles. The minimum absolute atomic E-state index is 0.737. The van der Waals surface area contributed by atoms with Gasteiger partial charge in [-0.25, -0.2) is 0 Å². The van der Waals surface area contributed by atoms with Gasteiger partial charge in [-0.1, -0.05) is 83.4 Å². The number of hydrogen-bond donors (Lipinski definition) is 2. The van der Waals surface area contributed by atoms with Crippen molar-refractivity contribution in [1.82, 2.24) is 0 Å². The molecule has 4 unspecified atom stereocenters. The third-order valence-electron chi connectivity index (χ3n) is 7.24. The minimum Gasteiger partial charge on any atom is -0.410 e. The molecule has 28 heavy (non-hydrogen) atoms. The maximum absolute atomic E-state index is 4.00. The van der Waals surface area contributed by atoms with Crippen LogP contribution in [0.1, 0.15) is 20.8 Å². The van der Waals surface area contributed by atoms with Crippen LogP contribution < -0.4 is 9.96 Å². The Bertz CT molecular complexity index is 695. The number of para-hydroxylation sites is 2. The van der Waals surface area contributed by atoms with Crippen LogP contribution in [0.15, 0.2) is 60.7 Å². The Morgan fingerprint density at radius 2 is 0.857 bits per heavy atom. The molecule has 1 fully saturated rings. The first-order valence-corrected chi connectivity index (χ1v) is 17.0. The van der Waals surface area contributed by atoms with Gasteiger partial charge < -0.3 is 9.96 Å². The molecule has 152 valence electrons. The Morgan fingerprint density at radius 3 is 1.18 bits per heavy atom. The van der Waals surface area contributed by atoms with Crippen LogP contribution in [-0.2, 0) is 0 Å². The van der Waals surface area contributed by atoms with Gasteiger partial charge >= 0.3 is 0 Å². The molecule has 0 amide bonds. The van der Waals surface area contributed by atoms with Crippen LogP contribution in [0.4, 0.5) is 11.4 Å². The van der Waals surface area contributed by atoms with Crippen molar-refractivity contribution in [2.24, 2.45) is 17.8 Å². The summed E-state index contributed by atoms with van der Waals surface area (Å²) >= 11 is 0. The van der Waals surface area contributed by atoms with Crippen LogP contribution in [0.3, 0.4) is 0 Å². The van der Waals surface area contributed by atoms with Crippen molar-refractivity contribution in [2.45, 2.75) is 58.0 Å². The lowest BCUT2D eigenvalue weighted by atomic mass is 10.0. The van der Waals surface area contributed by atoms with Crippen molar-refractivity contribution < 1.29 is 0 Å². The Hall–Kier alpha value is -1.53. The van der Waals surface area contributed by atoms with E-state index in [0.29, 0.717) is 0 Å². The Labute approximate surface area is 174 Å². The Kier molecular flexibility index (Phi) is 6.11. The number of benzene rings is 2. The fourth-order valence-corrected chi connectivity index (χ4v) is 15.0. The largest absolute Gasteiger partial charge is 0.410 e. The lowest BCUT2D eigenvalue weighted by Gasteiger charge is -2.40. The second-order valence-electron chi connectivity index (χ2n) is 10.1. The molecule has 2 N–H and O–H groups in total. The quantitative estimate of drug-likeness (QED) is 0.489. The molecule has 0 aromatic heterocycles. The van der Waals surface area contributed by atoms with Crippen molar-refractivity contribution in [3.63, 3.8) is 0 Å². The molecule has 2 aromatic carbocycles. The van der Waals surface area contributed by atoms with E-state index in [1.165, 1.54) is 11.4 Å². The highest BCUT2D eigenvalue weighted by Crippen LogP contribution is 2.59. The molecule has 0 aliphatic heterocycles. The lowest BCUT2D eigenvalue weighted by Crippen LogP contribution is -2.48. The average Bonchev–Trinajstić information content (AvgIpc) is 2.86. The minimum atomic E-state index is -1.65. The fourth-order valence-electron chi connectivity index (χ4n) is 6.42. The van der Waals surface area contributed by atoms with Crippen molar-refractivity contribution >= 4 is 27.8 Å². The van der Waals surface area contributed by atoms with E-state index < -0.39 is 16.5 Å². The van der Waals surface area contributed by atoms with Gasteiger partial charge in [0.2, 0.25) is 0 Å². The van der Waals surface area contributed by atoms with Gasteiger partial charge in [-0.15, -0.1) is 0 Å². The van der Waals surface area contributed by atoms with Crippen molar-refractivity contribution in [3.8, 4) is 0 Å². The topological polar surface area (TPSA) is 24.1 Å². The molecule has 0 saturated heterocycles. The number of anilines is 2. The van der Waals surface area contributed by atoms with Gasteiger partial charge in [-0.2, -0.15) is 0 Å². The number of rotatable bonds is 6. The normalized spacial score (nSPS) is 28.2. The maximum atomic E-state index is 4.00. The smallest absolute Gasteiger partial charge is 0.151 e. The molecule has 2 aromatic rings. The molecule has 3 rings (SSSR count). The summed E-state index contributed by atoms with van der Waals surface area (Å²) in [5, 5.41) is 0. The highest BCUT2D eigenvalue weighted by atomic mass is 28.3. The van der Waals surface area contributed by atoms with Crippen LogP contribution in [0.5, 0.6) is 0 Å². The molecule has 4 atom stereocenters. The summed E-state index contributed by atoms with van der Waals surface area (Å²) in [6.07, 6.45) is 0. The maximum Gasteiger partial charge on any atom is 0.151 e. The molecular weight excluding hydrogens is 372 g/mol. The summed E-state index contributed by atoms with van der Waals surface area (Å²) in [5.41, 5.74) is 4.12. The van der Waals surface area contributed by atoms with Crippen molar-refractivity contribution in [1.29, 1.82) is 0 Å². The van der Waals surface area contributed by atoms with Gasteiger partial charge in [0.05, 0.1) is 0 Å². The molecule has 1 aliphatic carbocycles. The Morgan fingerprint density at radius 1 is 0.536 bits per heavy atom. The van der Waals surface area contributed by atoms with E-state index in [9.17, 15) is 0 Å². The Balaban J connectivity index is 1.83. The summed E-state index contributed by atoms with van der Waals surface area (Å²) in [5.74, 6) is 2.24. The van der Waals surface area contributed by atoms with Gasteiger partial charge in [0.1, 0.15) is 0 Å². The van der Waals surface area contributed by atoms with Crippen LogP contribution in [0.25, 0.3) is 0 Å². The van der Waals surface area contributed by atoms with Crippen molar-refractivity contribution in [3.05, 3.63) is 60.7 Å². The highest BCUT2D eigenvalue weighted by Gasteiger charge is 2.56. The van der Waals surface area contributed by atoms with Gasteiger partial charge in [0.25, 0.3) is 0 Å². The fraction of sp³-hybridized carbons (Fsp3) is 0.500. The van der Waals surface area contributed by atoms with Gasteiger partial charge in [-0.3, -0.25) is 0 Å². The standard InChI is InChI=1S/C24H38N2Si2/c1-18-19(2)24(28(6,7)26-22-16-12-9-13-17-22)20(3)23(18)27(4,5)25-21-14-10-8-11-15-21/h8-20,23-26H,1-7H3. The van der Waals surface area contributed by atoms with Gasteiger partial charge in [0, 0.05) is 11.4 Å². The van der Waals surface area contributed by atoms with Gasteiger partial charge in [0.15, 0.2) is 16.5 Å². The zero-order chi connectivity index (χ0) is 20.5. The van der Waals surface area contributed by atoms with E-state index in [1.54, 1.807) is 0 Å². The summed E-state index contributed by atoms with van der Waals surface area (Å²) in [6, 6.07) is 21.6. The molecule has 0 bridgehead atoms. The zero-order valence-electron chi connectivity index (χ0n) is 18.7. The highest BCUT2D eigenvalue weighted by molar-refractivity contribution is 6.84. The third kappa shape index (κ3) is 4.23. The molecule has 0 spiro atoms. The van der Waals surface area contributed by atoms with Crippen LogP contribution in [0.2, 0.25) is 37.3 Å². The van der Waals surface area contributed by atoms with Crippen LogP contribution in [-0.4, -0.2) is 16.5 Å². The molecule has 1 aliphatic rings. The summed E-state index contributed by atoms with van der Waals surface area (Å²) in [7, 11) is -3.29. The monoisotopic (exact) mass is 410 g/mol. The molecule has 0 radical (unpaired) electrons. The van der Waals surface area contributed by atoms with Gasteiger partial charge in [-0.05, 0) is 53.1 Å². The zero-order valence-corrected chi connectivity index (χ0v) is 20.7. The van der Waals surface area contributed by atoms with Crippen LogP contribution >= 0.6 is 0 Å².